The number of hydrogen-bond acceptors (Lipinski definition) is 4. The van der Waals surface area contributed by atoms with Gasteiger partial charge >= 0.3 is 5.97 Å². The molecule has 0 aromatic heterocycles. The quantitative estimate of drug-likeness (QED) is 0.574. The second kappa shape index (κ2) is 5.12. The van der Waals surface area contributed by atoms with Crippen LogP contribution in [0, 0.1) is 5.41 Å². The molecule has 0 fully saturated rings. The van der Waals surface area contributed by atoms with E-state index in [9.17, 15) is 4.79 Å². The molecule has 4 nitrogen and oxygen atoms in total. The molecule has 1 aliphatic heterocycles. The van der Waals surface area contributed by atoms with Crippen LogP contribution in [0.5, 0.6) is 0 Å². The third-order valence-corrected chi connectivity index (χ3v) is 3.53. The van der Waals surface area contributed by atoms with E-state index in [0.717, 1.165) is 6.42 Å². The lowest BCUT2D eigenvalue weighted by Crippen LogP contribution is -2.56. The Balaban J connectivity index is 3.07. The summed E-state index contributed by atoms with van der Waals surface area (Å²) in [5.41, 5.74) is -1.09. The zero-order chi connectivity index (χ0) is 14.0. The Hall–Kier alpha value is -1.32. The number of hydrogen-bond donors (Lipinski definition) is 0. The summed E-state index contributed by atoms with van der Waals surface area (Å²) >= 11 is 0. The summed E-state index contributed by atoms with van der Waals surface area (Å²) in [6.45, 7) is 11.5. The maximum absolute atomic E-state index is 12.0. The minimum absolute atomic E-state index is 0.277. The van der Waals surface area contributed by atoms with Crippen molar-refractivity contribution in [1.82, 2.24) is 0 Å². The van der Waals surface area contributed by atoms with Crippen LogP contribution in [-0.2, 0) is 14.3 Å². The average molecular weight is 253 g/mol. The highest BCUT2D eigenvalue weighted by molar-refractivity contribution is 5.94. The van der Waals surface area contributed by atoms with E-state index in [-0.39, 0.29) is 11.4 Å². The van der Waals surface area contributed by atoms with Gasteiger partial charge < -0.3 is 9.47 Å². The first-order valence-corrected chi connectivity index (χ1v) is 6.22. The fourth-order valence-electron chi connectivity index (χ4n) is 1.81. The van der Waals surface area contributed by atoms with Crippen molar-refractivity contribution < 1.29 is 14.3 Å². The Bertz CT molecular complexity index is 368. The van der Waals surface area contributed by atoms with Gasteiger partial charge in [0.1, 0.15) is 0 Å². The number of rotatable bonds is 3. The van der Waals surface area contributed by atoms with Crippen molar-refractivity contribution in [2.45, 2.75) is 52.2 Å². The van der Waals surface area contributed by atoms with Crippen molar-refractivity contribution in [3.8, 4) is 0 Å². The molecule has 1 aliphatic rings. The van der Waals surface area contributed by atoms with Gasteiger partial charge in [-0.25, -0.2) is 9.79 Å². The molecule has 0 aliphatic carbocycles. The van der Waals surface area contributed by atoms with Crippen molar-refractivity contribution in [3.63, 3.8) is 0 Å². The van der Waals surface area contributed by atoms with E-state index in [4.69, 9.17) is 9.47 Å². The highest BCUT2D eigenvalue weighted by Gasteiger charge is 2.51. The smallest absolute Gasteiger partial charge is 0.332 e. The van der Waals surface area contributed by atoms with Crippen molar-refractivity contribution in [1.29, 1.82) is 0 Å². The standard InChI is InChI=1S/C14H23NO3/c1-7-8-9-10-11(16)18-14(5,13(2,3)4)12(15-10)17-6/h7,10H,1,8-9H2,2-6H3/t10-,14-/m1/s1. The number of ether oxygens (including phenoxy) is 2. The normalized spacial score (nSPS) is 28.4. The number of carbonyl (C=O) groups is 1. The van der Waals surface area contributed by atoms with Gasteiger partial charge in [-0.3, -0.25) is 0 Å². The molecule has 0 aromatic carbocycles. The molecule has 0 bridgehead atoms. The van der Waals surface area contributed by atoms with Crippen molar-refractivity contribution in [2.75, 3.05) is 7.11 Å². The molecule has 1 heterocycles. The van der Waals surface area contributed by atoms with Crippen LogP contribution in [0.25, 0.3) is 0 Å². The van der Waals surface area contributed by atoms with Gasteiger partial charge in [0.25, 0.3) is 0 Å². The molecule has 0 unspecified atom stereocenters. The van der Waals surface area contributed by atoms with E-state index >= 15 is 0 Å². The van der Waals surface area contributed by atoms with Crippen LogP contribution >= 0.6 is 0 Å². The van der Waals surface area contributed by atoms with E-state index in [2.05, 4.69) is 11.6 Å². The molecule has 0 aromatic rings. The van der Waals surface area contributed by atoms with Gasteiger partial charge in [0, 0.05) is 5.41 Å². The molecule has 0 radical (unpaired) electrons. The predicted molar refractivity (Wildman–Crippen MR) is 71.6 cm³/mol. The highest BCUT2D eigenvalue weighted by Crippen LogP contribution is 2.38. The highest BCUT2D eigenvalue weighted by atomic mass is 16.6. The van der Waals surface area contributed by atoms with Gasteiger partial charge in [0.2, 0.25) is 5.90 Å². The van der Waals surface area contributed by atoms with E-state index in [1.165, 1.54) is 0 Å². The van der Waals surface area contributed by atoms with Crippen LogP contribution in [0.15, 0.2) is 17.6 Å². The zero-order valence-electron chi connectivity index (χ0n) is 11.9. The fourth-order valence-corrected chi connectivity index (χ4v) is 1.81. The minimum atomic E-state index is -0.816. The molecule has 18 heavy (non-hydrogen) atoms. The summed E-state index contributed by atoms with van der Waals surface area (Å²) in [7, 11) is 1.56. The van der Waals surface area contributed by atoms with E-state index < -0.39 is 11.6 Å². The van der Waals surface area contributed by atoms with Crippen LogP contribution in [0.1, 0.15) is 40.5 Å². The van der Waals surface area contributed by atoms with E-state index in [1.54, 1.807) is 13.2 Å². The summed E-state index contributed by atoms with van der Waals surface area (Å²) < 4.78 is 11.0. The lowest BCUT2D eigenvalue weighted by atomic mass is 9.76. The molecule has 1 rings (SSSR count). The van der Waals surface area contributed by atoms with Gasteiger partial charge in [0.05, 0.1) is 7.11 Å². The van der Waals surface area contributed by atoms with Gasteiger partial charge in [-0.2, -0.15) is 0 Å². The topological polar surface area (TPSA) is 47.9 Å². The Morgan fingerprint density at radius 2 is 2.17 bits per heavy atom. The molecular formula is C14H23NO3. The second-order valence-electron chi connectivity index (χ2n) is 5.72. The van der Waals surface area contributed by atoms with Gasteiger partial charge in [-0.05, 0) is 19.8 Å². The number of aliphatic imine (C=N–C) groups is 1. The Morgan fingerprint density at radius 3 is 2.61 bits per heavy atom. The number of carbonyl (C=O) groups excluding carboxylic acids is 1. The molecule has 2 atom stereocenters. The van der Waals surface area contributed by atoms with Crippen molar-refractivity contribution in [3.05, 3.63) is 12.7 Å². The van der Waals surface area contributed by atoms with Crippen molar-refractivity contribution >= 4 is 11.9 Å². The zero-order valence-corrected chi connectivity index (χ0v) is 11.9. The number of cyclic esters (lactones) is 1. The average Bonchev–Trinajstić information content (AvgIpc) is 2.26. The van der Waals surface area contributed by atoms with E-state index in [1.807, 2.05) is 27.7 Å². The number of nitrogens with zero attached hydrogens (tertiary/aromatic N) is 1. The Labute approximate surface area is 109 Å². The first-order chi connectivity index (χ1) is 8.26. The molecule has 0 saturated heterocycles. The molecule has 4 heteroatoms. The number of methoxy groups -OCH3 is 1. The first kappa shape index (κ1) is 14.7. The van der Waals surface area contributed by atoms with E-state index in [0.29, 0.717) is 12.3 Å². The summed E-state index contributed by atoms with van der Waals surface area (Å²) in [4.78, 5) is 16.4. The minimum Gasteiger partial charge on any atom is -0.481 e. The van der Waals surface area contributed by atoms with Crippen LogP contribution in [0.2, 0.25) is 0 Å². The molecule has 0 spiro atoms. The summed E-state index contributed by atoms with van der Waals surface area (Å²) in [5, 5.41) is 0. The van der Waals surface area contributed by atoms with Crippen LogP contribution in [0.3, 0.4) is 0 Å². The van der Waals surface area contributed by atoms with Gasteiger partial charge in [-0.15, -0.1) is 6.58 Å². The molecule has 0 amide bonds. The first-order valence-electron chi connectivity index (χ1n) is 6.22. The molecule has 102 valence electrons. The van der Waals surface area contributed by atoms with Gasteiger partial charge in [-0.1, -0.05) is 26.8 Å². The second-order valence-corrected chi connectivity index (χ2v) is 5.72. The summed E-state index contributed by atoms with van der Waals surface area (Å²) in [5.74, 6) is 0.207. The summed E-state index contributed by atoms with van der Waals surface area (Å²) in [6.07, 6.45) is 3.11. The maximum atomic E-state index is 12.0. The SMILES string of the molecule is C=CCC[C@H]1N=C(OC)[C@](C)(C(C)(C)C)OC1=O. The number of esters is 1. The molecule has 0 saturated carbocycles. The summed E-state index contributed by atoms with van der Waals surface area (Å²) in [6, 6.07) is -0.478. The van der Waals surface area contributed by atoms with Gasteiger partial charge in [0.15, 0.2) is 11.6 Å². The Morgan fingerprint density at radius 1 is 1.56 bits per heavy atom. The monoisotopic (exact) mass is 253 g/mol. The Kier molecular flexibility index (Phi) is 4.20. The predicted octanol–water partition coefficient (Wildman–Crippen LogP) is 2.73. The van der Waals surface area contributed by atoms with Crippen LogP contribution in [0.4, 0.5) is 0 Å². The largest absolute Gasteiger partial charge is 0.481 e. The maximum Gasteiger partial charge on any atom is 0.332 e. The van der Waals surface area contributed by atoms with Crippen LogP contribution in [-0.4, -0.2) is 30.6 Å². The lowest BCUT2D eigenvalue weighted by molar-refractivity contribution is -0.166. The molecular weight excluding hydrogens is 230 g/mol. The number of allylic oxidation sites excluding steroid dienone is 1. The third kappa shape index (κ3) is 2.57. The van der Waals surface area contributed by atoms with Crippen molar-refractivity contribution in [2.24, 2.45) is 10.4 Å². The third-order valence-electron chi connectivity index (χ3n) is 3.53. The van der Waals surface area contributed by atoms with Crippen LogP contribution < -0.4 is 0 Å². The lowest BCUT2D eigenvalue weighted by Gasteiger charge is -2.43. The fraction of sp³-hybridized carbons (Fsp3) is 0.714. The molecule has 0 N–H and O–H groups in total.